The maximum absolute atomic E-state index is 13.0. The number of nitrogens with zero attached hydrogens (tertiary/aromatic N) is 2. The monoisotopic (exact) mass is 498 g/mol. The minimum atomic E-state index is -0.222. The van der Waals surface area contributed by atoms with E-state index in [4.69, 9.17) is 4.74 Å². The molecular formula is C21H28FIN4O. The molecular weight excluding hydrogens is 470 g/mol. The van der Waals surface area contributed by atoms with Crippen LogP contribution >= 0.6 is 24.0 Å². The van der Waals surface area contributed by atoms with Crippen molar-refractivity contribution in [1.82, 2.24) is 10.6 Å². The number of guanidine groups is 1. The van der Waals surface area contributed by atoms with Crippen LogP contribution in [0.2, 0.25) is 0 Å². The standard InChI is InChI=1S/C21H27FN4O.HI/c1-2-23-21(24-15-17-3-7-19(22)8-4-17)25-16-18-5-9-20(10-6-18)26-11-13-27-14-12-26;/h3-10H,2,11-16H2,1H3,(H2,23,24,25);1H. The van der Waals surface area contributed by atoms with Crippen molar-refractivity contribution in [1.29, 1.82) is 0 Å². The molecule has 152 valence electrons. The molecule has 7 heteroatoms. The molecule has 0 atom stereocenters. The van der Waals surface area contributed by atoms with Gasteiger partial charge in [-0.3, -0.25) is 0 Å². The van der Waals surface area contributed by atoms with E-state index in [9.17, 15) is 4.39 Å². The number of hydrogen-bond acceptors (Lipinski definition) is 3. The Kier molecular flexibility index (Phi) is 9.49. The molecule has 0 unspecified atom stereocenters. The third-order valence-corrected chi connectivity index (χ3v) is 4.45. The van der Waals surface area contributed by atoms with Gasteiger partial charge in [0.25, 0.3) is 0 Å². The lowest BCUT2D eigenvalue weighted by Crippen LogP contribution is -2.36. The number of hydrogen-bond donors (Lipinski definition) is 2. The first kappa shape index (κ1) is 22.4. The van der Waals surface area contributed by atoms with Crippen LogP contribution in [0.3, 0.4) is 0 Å². The summed E-state index contributed by atoms with van der Waals surface area (Å²) < 4.78 is 18.4. The molecule has 1 saturated heterocycles. The lowest BCUT2D eigenvalue weighted by atomic mass is 10.2. The van der Waals surface area contributed by atoms with Gasteiger partial charge in [0.2, 0.25) is 0 Å². The zero-order chi connectivity index (χ0) is 18.9. The van der Waals surface area contributed by atoms with E-state index >= 15 is 0 Å². The second kappa shape index (κ2) is 11.9. The fraction of sp³-hybridized carbons (Fsp3) is 0.381. The summed E-state index contributed by atoms with van der Waals surface area (Å²) in [6, 6.07) is 15.0. The van der Waals surface area contributed by atoms with Gasteiger partial charge in [-0.05, 0) is 42.3 Å². The fourth-order valence-electron chi connectivity index (χ4n) is 2.93. The normalized spacial score (nSPS) is 14.4. The molecule has 0 aromatic heterocycles. The molecule has 1 aliphatic rings. The zero-order valence-corrected chi connectivity index (χ0v) is 18.5. The Labute approximate surface area is 183 Å². The van der Waals surface area contributed by atoms with E-state index in [1.807, 2.05) is 6.92 Å². The fourth-order valence-corrected chi connectivity index (χ4v) is 2.93. The van der Waals surface area contributed by atoms with Crippen LogP contribution in [0, 0.1) is 5.82 Å². The van der Waals surface area contributed by atoms with Crippen LogP contribution in [-0.2, 0) is 17.8 Å². The summed E-state index contributed by atoms with van der Waals surface area (Å²) in [5, 5.41) is 6.52. The number of benzene rings is 2. The third-order valence-electron chi connectivity index (χ3n) is 4.45. The molecule has 3 rings (SSSR count). The predicted octanol–water partition coefficient (Wildman–Crippen LogP) is 3.54. The maximum Gasteiger partial charge on any atom is 0.191 e. The molecule has 5 nitrogen and oxygen atoms in total. The van der Waals surface area contributed by atoms with Gasteiger partial charge in [0.1, 0.15) is 5.82 Å². The second-order valence-electron chi connectivity index (χ2n) is 6.44. The number of nitrogens with one attached hydrogen (secondary N) is 2. The Morgan fingerprint density at radius 2 is 1.64 bits per heavy atom. The Balaban J connectivity index is 0.00000280. The average molecular weight is 498 g/mol. The van der Waals surface area contributed by atoms with E-state index in [1.165, 1.54) is 17.8 Å². The number of ether oxygens (including phenoxy) is 1. The molecule has 2 aromatic carbocycles. The van der Waals surface area contributed by atoms with Crippen LogP contribution in [0.4, 0.5) is 10.1 Å². The lowest BCUT2D eigenvalue weighted by Gasteiger charge is -2.28. The Bertz CT molecular complexity index is 731. The van der Waals surface area contributed by atoms with Crippen LogP contribution in [0.1, 0.15) is 18.1 Å². The molecule has 28 heavy (non-hydrogen) atoms. The number of aliphatic imine (C=N–C) groups is 1. The molecule has 1 fully saturated rings. The van der Waals surface area contributed by atoms with E-state index in [0.717, 1.165) is 49.9 Å². The van der Waals surface area contributed by atoms with Gasteiger partial charge < -0.3 is 20.3 Å². The van der Waals surface area contributed by atoms with Gasteiger partial charge in [-0.15, -0.1) is 24.0 Å². The van der Waals surface area contributed by atoms with E-state index in [2.05, 4.69) is 44.8 Å². The summed E-state index contributed by atoms with van der Waals surface area (Å²) in [5.74, 6) is 0.527. The SMILES string of the molecule is CCNC(=NCc1ccc(N2CCOCC2)cc1)NCc1ccc(F)cc1.I. The molecule has 0 aliphatic carbocycles. The van der Waals surface area contributed by atoms with Crippen LogP contribution in [0.25, 0.3) is 0 Å². The topological polar surface area (TPSA) is 48.9 Å². The van der Waals surface area contributed by atoms with E-state index in [0.29, 0.717) is 13.1 Å². The lowest BCUT2D eigenvalue weighted by molar-refractivity contribution is 0.122. The van der Waals surface area contributed by atoms with Gasteiger partial charge in [-0.2, -0.15) is 0 Å². The number of morpholine rings is 1. The van der Waals surface area contributed by atoms with Crippen LogP contribution in [0.5, 0.6) is 0 Å². The molecule has 0 saturated carbocycles. The molecule has 0 radical (unpaired) electrons. The van der Waals surface area contributed by atoms with E-state index < -0.39 is 0 Å². The van der Waals surface area contributed by atoms with Crippen molar-refractivity contribution < 1.29 is 9.13 Å². The average Bonchev–Trinajstić information content (AvgIpc) is 2.72. The van der Waals surface area contributed by atoms with Crippen LogP contribution in [0.15, 0.2) is 53.5 Å². The van der Waals surface area contributed by atoms with Crippen molar-refractivity contribution in [2.45, 2.75) is 20.0 Å². The minimum Gasteiger partial charge on any atom is -0.378 e. The molecule has 0 bridgehead atoms. The van der Waals surface area contributed by atoms with Crippen molar-refractivity contribution in [3.8, 4) is 0 Å². The summed E-state index contributed by atoms with van der Waals surface area (Å²) >= 11 is 0. The second-order valence-corrected chi connectivity index (χ2v) is 6.44. The highest BCUT2D eigenvalue weighted by atomic mass is 127. The maximum atomic E-state index is 13.0. The van der Waals surface area contributed by atoms with Crippen molar-refractivity contribution in [3.05, 3.63) is 65.5 Å². The molecule has 0 spiro atoms. The Morgan fingerprint density at radius 3 is 2.29 bits per heavy atom. The molecule has 1 heterocycles. The van der Waals surface area contributed by atoms with Crippen molar-refractivity contribution in [2.24, 2.45) is 4.99 Å². The van der Waals surface area contributed by atoms with Gasteiger partial charge in [0, 0.05) is 31.9 Å². The van der Waals surface area contributed by atoms with Gasteiger partial charge >= 0.3 is 0 Å². The first-order valence-corrected chi connectivity index (χ1v) is 9.43. The molecule has 0 amide bonds. The summed E-state index contributed by atoms with van der Waals surface area (Å²) in [4.78, 5) is 6.98. The van der Waals surface area contributed by atoms with Crippen molar-refractivity contribution in [3.63, 3.8) is 0 Å². The summed E-state index contributed by atoms with van der Waals surface area (Å²) in [7, 11) is 0. The first-order chi connectivity index (χ1) is 13.2. The summed E-state index contributed by atoms with van der Waals surface area (Å²) in [5.41, 5.74) is 3.40. The van der Waals surface area contributed by atoms with Crippen molar-refractivity contribution >= 4 is 35.6 Å². The smallest absolute Gasteiger partial charge is 0.191 e. The number of rotatable bonds is 6. The molecule has 1 aliphatic heterocycles. The zero-order valence-electron chi connectivity index (χ0n) is 16.2. The van der Waals surface area contributed by atoms with Crippen LogP contribution < -0.4 is 15.5 Å². The highest BCUT2D eigenvalue weighted by molar-refractivity contribution is 14.0. The highest BCUT2D eigenvalue weighted by Gasteiger charge is 2.10. The van der Waals surface area contributed by atoms with Gasteiger partial charge in [-0.25, -0.2) is 9.38 Å². The largest absolute Gasteiger partial charge is 0.378 e. The minimum absolute atomic E-state index is 0. The third kappa shape index (κ3) is 6.94. The van der Waals surface area contributed by atoms with Gasteiger partial charge in [-0.1, -0.05) is 24.3 Å². The highest BCUT2D eigenvalue weighted by Crippen LogP contribution is 2.17. The summed E-state index contributed by atoms with van der Waals surface area (Å²) in [6.07, 6.45) is 0. The molecule has 2 N–H and O–H groups in total. The number of anilines is 1. The Morgan fingerprint density at radius 1 is 1.00 bits per heavy atom. The van der Waals surface area contributed by atoms with E-state index in [-0.39, 0.29) is 29.8 Å². The van der Waals surface area contributed by atoms with Gasteiger partial charge in [0.15, 0.2) is 5.96 Å². The quantitative estimate of drug-likeness (QED) is 0.364. The summed E-state index contributed by atoms with van der Waals surface area (Å²) in [6.45, 7) is 7.47. The van der Waals surface area contributed by atoms with Gasteiger partial charge in [0.05, 0.1) is 19.8 Å². The predicted molar refractivity (Wildman–Crippen MR) is 123 cm³/mol. The Hall–Kier alpha value is -1.87. The molecule has 2 aromatic rings. The van der Waals surface area contributed by atoms with Crippen molar-refractivity contribution in [2.75, 3.05) is 37.7 Å². The van der Waals surface area contributed by atoms with Crippen LogP contribution in [-0.4, -0.2) is 38.8 Å². The number of halogens is 2. The van der Waals surface area contributed by atoms with E-state index in [1.54, 1.807) is 12.1 Å². The first-order valence-electron chi connectivity index (χ1n) is 9.43.